The van der Waals surface area contributed by atoms with Gasteiger partial charge in [-0.25, -0.2) is 8.42 Å². The van der Waals surface area contributed by atoms with Crippen LogP contribution < -0.4 is 4.74 Å². The third kappa shape index (κ3) is 3.61. The molecule has 3 nitrogen and oxygen atoms in total. The summed E-state index contributed by atoms with van der Waals surface area (Å²) in [6.45, 7) is 2.02. The predicted octanol–water partition coefficient (Wildman–Crippen LogP) is 4.09. The van der Waals surface area contributed by atoms with E-state index in [-0.39, 0.29) is 4.90 Å². The van der Waals surface area contributed by atoms with Crippen LogP contribution in [0.3, 0.4) is 0 Å². The quantitative estimate of drug-likeness (QED) is 0.776. The molecule has 106 valence electrons. The van der Waals surface area contributed by atoms with E-state index in [1.54, 1.807) is 24.3 Å². The van der Waals surface area contributed by atoms with Crippen molar-refractivity contribution in [3.8, 4) is 11.5 Å². The number of sulfone groups is 1. The fourth-order valence-corrected chi connectivity index (χ4v) is 3.03. The summed E-state index contributed by atoms with van der Waals surface area (Å²) < 4.78 is 28.5. The lowest BCUT2D eigenvalue weighted by Crippen LogP contribution is -1.96. The van der Waals surface area contributed by atoms with Gasteiger partial charge in [-0.1, -0.05) is 22.0 Å². The highest BCUT2D eigenvalue weighted by atomic mass is 79.9. The zero-order chi connectivity index (χ0) is 14.8. The Kier molecular flexibility index (Phi) is 4.50. The zero-order valence-corrected chi connectivity index (χ0v) is 13.7. The molecule has 2 aromatic carbocycles. The second-order valence-corrected chi connectivity index (χ2v) is 7.14. The second kappa shape index (κ2) is 5.97. The molecule has 0 aliphatic heterocycles. The molecule has 0 radical (unpaired) electrons. The molecule has 0 saturated heterocycles. The lowest BCUT2D eigenvalue weighted by molar-refractivity contribution is 0.481. The van der Waals surface area contributed by atoms with Gasteiger partial charge < -0.3 is 4.74 Å². The second-order valence-electron chi connectivity index (χ2n) is 4.57. The Bertz CT molecular complexity index is 706. The highest BCUT2D eigenvalue weighted by Crippen LogP contribution is 2.25. The Balaban J connectivity index is 2.20. The van der Waals surface area contributed by atoms with E-state index in [1.165, 1.54) is 11.8 Å². The molecule has 0 aliphatic carbocycles. The SMILES string of the molecule is Cc1cc(Oc2ccc(S(C)(=O)=O)cc2)ccc1CBr. The van der Waals surface area contributed by atoms with Crippen LogP contribution in [-0.2, 0) is 15.2 Å². The maximum absolute atomic E-state index is 11.4. The van der Waals surface area contributed by atoms with Crippen LogP contribution in [0.15, 0.2) is 47.4 Å². The molecule has 0 saturated carbocycles. The minimum atomic E-state index is -3.17. The molecule has 2 aromatic rings. The van der Waals surface area contributed by atoms with Gasteiger partial charge in [-0.3, -0.25) is 0 Å². The summed E-state index contributed by atoms with van der Waals surface area (Å²) in [5.74, 6) is 1.35. The Hall–Kier alpha value is -1.33. The van der Waals surface area contributed by atoms with E-state index in [0.29, 0.717) is 5.75 Å². The van der Waals surface area contributed by atoms with E-state index >= 15 is 0 Å². The van der Waals surface area contributed by atoms with Crippen molar-refractivity contribution in [2.45, 2.75) is 17.1 Å². The first kappa shape index (κ1) is 15.1. The van der Waals surface area contributed by atoms with Gasteiger partial charge in [-0.2, -0.15) is 0 Å². The number of benzene rings is 2. The zero-order valence-electron chi connectivity index (χ0n) is 11.3. The maximum atomic E-state index is 11.4. The number of alkyl halides is 1. The topological polar surface area (TPSA) is 43.4 Å². The van der Waals surface area contributed by atoms with Gasteiger partial charge in [0.2, 0.25) is 0 Å². The van der Waals surface area contributed by atoms with Crippen molar-refractivity contribution >= 4 is 25.8 Å². The Labute approximate surface area is 127 Å². The Morgan fingerprint density at radius 3 is 2.15 bits per heavy atom. The Morgan fingerprint density at radius 1 is 1.05 bits per heavy atom. The van der Waals surface area contributed by atoms with Crippen molar-refractivity contribution in [1.29, 1.82) is 0 Å². The summed E-state index contributed by atoms with van der Waals surface area (Å²) in [5, 5.41) is 0.808. The standard InChI is InChI=1S/C15H15BrO3S/c1-11-9-14(4-3-12(11)10-16)19-13-5-7-15(8-6-13)20(2,17)18/h3-9H,10H2,1-2H3. The van der Waals surface area contributed by atoms with E-state index in [1.807, 2.05) is 25.1 Å². The normalized spacial score (nSPS) is 11.3. The molecule has 0 N–H and O–H groups in total. The van der Waals surface area contributed by atoms with Crippen LogP contribution in [0, 0.1) is 6.92 Å². The molecule has 0 amide bonds. The summed E-state index contributed by atoms with van der Waals surface area (Å²) in [6.07, 6.45) is 1.19. The monoisotopic (exact) mass is 354 g/mol. The number of halogens is 1. The summed E-state index contributed by atoms with van der Waals surface area (Å²) in [6, 6.07) is 12.3. The van der Waals surface area contributed by atoms with Gasteiger partial charge >= 0.3 is 0 Å². The molecular weight excluding hydrogens is 340 g/mol. The van der Waals surface area contributed by atoms with Gasteiger partial charge in [-0.15, -0.1) is 0 Å². The van der Waals surface area contributed by atoms with E-state index in [4.69, 9.17) is 4.74 Å². The van der Waals surface area contributed by atoms with Crippen LogP contribution >= 0.6 is 15.9 Å². The molecule has 0 unspecified atom stereocenters. The molecule has 0 fully saturated rings. The highest BCUT2D eigenvalue weighted by Gasteiger charge is 2.07. The molecule has 0 aromatic heterocycles. The first-order chi connectivity index (χ1) is 9.40. The van der Waals surface area contributed by atoms with Crippen molar-refractivity contribution in [3.63, 3.8) is 0 Å². The van der Waals surface area contributed by atoms with Gasteiger partial charge in [0.25, 0.3) is 0 Å². The molecule has 0 aliphatic rings. The third-order valence-electron chi connectivity index (χ3n) is 2.95. The molecule has 20 heavy (non-hydrogen) atoms. The molecule has 0 atom stereocenters. The van der Waals surface area contributed by atoms with E-state index in [9.17, 15) is 8.42 Å². The summed E-state index contributed by atoms with van der Waals surface area (Å²) in [4.78, 5) is 0.288. The predicted molar refractivity (Wildman–Crippen MR) is 83.4 cm³/mol. The molecule has 2 rings (SSSR count). The van der Waals surface area contributed by atoms with E-state index < -0.39 is 9.84 Å². The van der Waals surface area contributed by atoms with Crippen molar-refractivity contribution in [2.75, 3.05) is 6.26 Å². The fraction of sp³-hybridized carbons (Fsp3) is 0.200. The van der Waals surface area contributed by atoms with E-state index in [2.05, 4.69) is 15.9 Å². The third-order valence-corrected chi connectivity index (χ3v) is 4.68. The number of aryl methyl sites for hydroxylation is 1. The van der Waals surface area contributed by atoms with Crippen LogP contribution in [0.25, 0.3) is 0 Å². The molecule has 0 bridgehead atoms. The highest BCUT2D eigenvalue weighted by molar-refractivity contribution is 9.08. The van der Waals surface area contributed by atoms with Gasteiger partial charge in [0, 0.05) is 11.6 Å². The van der Waals surface area contributed by atoms with Crippen LogP contribution in [0.4, 0.5) is 0 Å². The minimum Gasteiger partial charge on any atom is -0.457 e. The van der Waals surface area contributed by atoms with E-state index in [0.717, 1.165) is 16.6 Å². The van der Waals surface area contributed by atoms with Crippen molar-refractivity contribution in [2.24, 2.45) is 0 Å². The molecular formula is C15H15BrO3S. The molecule has 5 heteroatoms. The van der Waals surface area contributed by atoms with Gasteiger partial charge in [-0.05, 0) is 54.4 Å². The largest absolute Gasteiger partial charge is 0.457 e. The number of rotatable bonds is 4. The molecule has 0 spiro atoms. The summed E-state index contributed by atoms with van der Waals surface area (Å²) in [5.41, 5.74) is 2.36. The number of hydrogen-bond acceptors (Lipinski definition) is 3. The average Bonchev–Trinajstić information content (AvgIpc) is 2.38. The number of ether oxygens (including phenoxy) is 1. The molecule has 0 heterocycles. The van der Waals surface area contributed by atoms with Crippen molar-refractivity contribution in [3.05, 3.63) is 53.6 Å². The van der Waals surface area contributed by atoms with Gasteiger partial charge in [0.05, 0.1) is 4.90 Å². The van der Waals surface area contributed by atoms with Crippen molar-refractivity contribution < 1.29 is 13.2 Å². The number of hydrogen-bond donors (Lipinski definition) is 0. The lowest BCUT2D eigenvalue weighted by Gasteiger charge is -2.09. The first-order valence-electron chi connectivity index (χ1n) is 6.03. The van der Waals surface area contributed by atoms with Gasteiger partial charge in [0.15, 0.2) is 9.84 Å². The van der Waals surface area contributed by atoms with Gasteiger partial charge in [0.1, 0.15) is 11.5 Å². The van der Waals surface area contributed by atoms with Crippen LogP contribution in [0.1, 0.15) is 11.1 Å². The fourth-order valence-electron chi connectivity index (χ4n) is 1.77. The van der Waals surface area contributed by atoms with Crippen LogP contribution in [0.2, 0.25) is 0 Å². The summed E-state index contributed by atoms with van der Waals surface area (Å²) in [7, 11) is -3.17. The minimum absolute atomic E-state index is 0.288. The Morgan fingerprint density at radius 2 is 1.65 bits per heavy atom. The lowest BCUT2D eigenvalue weighted by atomic mass is 10.1. The maximum Gasteiger partial charge on any atom is 0.175 e. The average molecular weight is 355 g/mol. The smallest absolute Gasteiger partial charge is 0.175 e. The first-order valence-corrected chi connectivity index (χ1v) is 9.05. The van der Waals surface area contributed by atoms with Crippen LogP contribution in [0.5, 0.6) is 11.5 Å². The van der Waals surface area contributed by atoms with Crippen LogP contribution in [-0.4, -0.2) is 14.7 Å². The van der Waals surface area contributed by atoms with Crippen molar-refractivity contribution in [1.82, 2.24) is 0 Å². The summed E-state index contributed by atoms with van der Waals surface area (Å²) >= 11 is 3.43.